The monoisotopic (exact) mass is 260 g/mol. The quantitative estimate of drug-likeness (QED) is 0.557. The molecule has 1 aromatic rings. The normalized spacial score (nSPS) is 11.6. The Balaban J connectivity index is 2.05. The SMILES string of the molecule is O=S(=O)(Cl)CCCCCCc1ccccc1. The van der Waals surface area contributed by atoms with Crippen LogP contribution in [-0.4, -0.2) is 14.2 Å². The van der Waals surface area contributed by atoms with Crippen molar-refractivity contribution in [1.82, 2.24) is 0 Å². The predicted molar refractivity (Wildman–Crippen MR) is 68.3 cm³/mol. The van der Waals surface area contributed by atoms with Crippen molar-refractivity contribution < 1.29 is 8.42 Å². The van der Waals surface area contributed by atoms with Gasteiger partial charge in [-0.25, -0.2) is 8.42 Å². The highest BCUT2D eigenvalue weighted by molar-refractivity contribution is 8.13. The van der Waals surface area contributed by atoms with Crippen LogP contribution in [0.15, 0.2) is 30.3 Å². The molecule has 4 heteroatoms. The lowest BCUT2D eigenvalue weighted by molar-refractivity contribution is 0.600. The molecular formula is C12H17ClO2S. The molecule has 0 fully saturated rings. The molecule has 16 heavy (non-hydrogen) atoms. The van der Waals surface area contributed by atoms with Crippen LogP contribution >= 0.6 is 10.7 Å². The van der Waals surface area contributed by atoms with Gasteiger partial charge in [-0.3, -0.25) is 0 Å². The minimum absolute atomic E-state index is 0.0971. The molecule has 0 unspecified atom stereocenters. The fourth-order valence-corrected chi connectivity index (χ4v) is 2.48. The Hall–Kier alpha value is -0.540. The fourth-order valence-electron chi connectivity index (χ4n) is 1.60. The lowest BCUT2D eigenvalue weighted by Gasteiger charge is -2.01. The Bertz CT molecular complexity index is 387. The van der Waals surface area contributed by atoms with Crippen molar-refractivity contribution in [2.45, 2.75) is 32.1 Å². The molecule has 0 amide bonds. The van der Waals surface area contributed by atoms with Crippen LogP contribution < -0.4 is 0 Å². The summed E-state index contributed by atoms with van der Waals surface area (Å²) in [6.07, 6.45) is 4.82. The largest absolute Gasteiger partial charge is 0.232 e. The van der Waals surface area contributed by atoms with Crippen LogP contribution in [0.3, 0.4) is 0 Å². The van der Waals surface area contributed by atoms with Crippen LogP contribution in [-0.2, 0) is 15.5 Å². The van der Waals surface area contributed by atoms with E-state index in [9.17, 15) is 8.42 Å². The number of aryl methyl sites for hydroxylation is 1. The molecule has 1 aromatic carbocycles. The van der Waals surface area contributed by atoms with E-state index in [1.807, 2.05) is 18.2 Å². The zero-order chi connectivity index (χ0) is 11.9. The zero-order valence-electron chi connectivity index (χ0n) is 9.23. The summed E-state index contributed by atoms with van der Waals surface area (Å²) in [7, 11) is 1.82. The molecule has 0 heterocycles. The molecule has 0 atom stereocenters. The zero-order valence-corrected chi connectivity index (χ0v) is 10.8. The van der Waals surface area contributed by atoms with Crippen molar-refractivity contribution in [1.29, 1.82) is 0 Å². The lowest BCUT2D eigenvalue weighted by atomic mass is 10.1. The summed E-state index contributed by atoms with van der Waals surface area (Å²) in [6.45, 7) is 0. The van der Waals surface area contributed by atoms with Gasteiger partial charge in [0.2, 0.25) is 9.05 Å². The average Bonchev–Trinajstić information content (AvgIpc) is 2.23. The van der Waals surface area contributed by atoms with E-state index in [2.05, 4.69) is 12.1 Å². The molecule has 2 nitrogen and oxygen atoms in total. The number of halogens is 1. The molecule has 0 aromatic heterocycles. The van der Waals surface area contributed by atoms with E-state index in [-0.39, 0.29) is 5.75 Å². The third-order valence-electron chi connectivity index (χ3n) is 2.45. The van der Waals surface area contributed by atoms with Gasteiger partial charge in [0, 0.05) is 10.7 Å². The lowest BCUT2D eigenvalue weighted by Crippen LogP contribution is -1.96. The van der Waals surface area contributed by atoms with E-state index in [1.165, 1.54) is 5.56 Å². The second-order valence-electron chi connectivity index (χ2n) is 3.89. The Morgan fingerprint density at radius 3 is 2.19 bits per heavy atom. The molecule has 0 aliphatic rings. The van der Waals surface area contributed by atoms with Crippen LogP contribution in [0, 0.1) is 0 Å². The first-order chi connectivity index (χ1) is 7.58. The summed E-state index contributed by atoms with van der Waals surface area (Å²) in [5.74, 6) is 0.0971. The Morgan fingerprint density at radius 1 is 0.938 bits per heavy atom. The Kier molecular flexibility index (Phi) is 5.85. The number of hydrogen-bond donors (Lipinski definition) is 0. The fraction of sp³-hybridized carbons (Fsp3) is 0.500. The second-order valence-corrected chi connectivity index (χ2v) is 6.79. The molecule has 0 aliphatic heterocycles. The van der Waals surface area contributed by atoms with Gasteiger partial charge in [-0.05, 0) is 24.8 Å². The minimum Gasteiger partial charge on any atom is -0.212 e. The maximum atomic E-state index is 10.7. The van der Waals surface area contributed by atoms with Gasteiger partial charge in [0.1, 0.15) is 0 Å². The first kappa shape index (κ1) is 13.5. The van der Waals surface area contributed by atoms with Crippen molar-refractivity contribution in [2.24, 2.45) is 0 Å². The van der Waals surface area contributed by atoms with Gasteiger partial charge < -0.3 is 0 Å². The molecule has 0 bridgehead atoms. The molecule has 1 rings (SSSR count). The van der Waals surface area contributed by atoms with Crippen molar-refractivity contribution in [3.05, 3.63) is 35.9 Å². The molecule has 0 saturated carbocycles. The van der Waals surface area contributed by atoms with Gasteiger partial charge in [0.15, 0.2) is 0 Å². The van der Waals surface area contributed by atoms with Crippen molar-refractivity contribution in [3.63, 3.8) is 0 Å². The minimum atomic E-state index is -3.29. The van der Waals surface area contributed by atoms with E-state index in [0.717, 1.165) is 25.7 Å². The average molecular weight is 261 g/mol. The highest BCUT2D eigenvalue weighted by Crippen LogP contribution is 2.09. The van der Waals surface area contributed by atoms with Crippen molar-refractivity contribution in [2.75, 3.05) is 5.75 Å². The first-order valence-electron chi connectivity index (χ1n) is 5.54. The summed E-state index contributed by atoms with van der Waals surface area (Å²) in [5, 5.41) is 0. The number of unbranched alkanes of at least 4 members (excludes halogenated alkanes) is 3. The van der Waals surface area contributed by atoms with Gasteiger partial charge in [0.05, 0.1) is 5.75 Å². The van der Waals surface area contributed by atoms with Gasteiger partial charge in [-0.1, -0.05) is 43.2 Å². The molecule has 0 aliphatic carbocycles. The van der Waals surface area contributed by atoms with Crippen LogP contribution in [0.4, 0.5) is 0 Å². The maximum absolute atomic E-state index is 10.7. The number of hydrogen-bond acceptors (Lipinski definition) is 2. The van der Waals surface area contributed by atoms with E-state index in [4.69, 9.17) is 10.7 Å². The van der Waals surface area contributed by atoms with Gasteiger partial charge in [-0.2, -0.15) is 0 Å². The highest BCUT2D eigenvalue weighted by Gasteiger charge is 2.03. The number of rotatable bonds is 7. The summed E-state index contributed by atoms with van der Waals surface area (Å²) >= 11 is 0. The third-order valence-corrected chi connectivity index (χ3v) is 3.69. The summed E-state index contributed by atoms with van der Waals surface area (Å²) < 4.78 is 21.3. The van der Waals surface area contributed by atoms with E-state index < -0.39 is 9.05 Å². The summed E-state index contributed by atoms with van der Waals surface area (Å²) in [5.41, 5.74) is 1.34. The van der Waals surface area contributed by atoms with Crippen molar-refractivity contribution in [3.8, 4) is 0 Å². The molecule has 90 valence electrons. The molecule has 0 saturated heterocycles. The summed E-state index contributed by atoms with van der Waals surface area (Å²) in [6, 6.07) is 10.3. The number of benzene rings is 1. The highest BCUT2D eigenvalue weighted by atomic mass is 35.7. The second kappa shape index (κ2) is 6.92. The smallest absolute Gasteiger partial charge is 0.212 e. The van der Waals surface area contributed by atoms with Crippen LogP contribution in [0.5, 0.6) is 0 Å². The molecule has 0 N–H and O–H groups in total. The standard InChI is InChI=1S/C12H17ClO2S/c13-16(14,15)11-7-2-1-4-8-12-9-5-3-6-10-12/h3,5-6,9-10H,1-2,4,7-8,11H2. The first-order valence-corrected chi connectivity index (χ1v) is 8.02. The molecule has 0 radical (unpaired) electrons. The van der Waals surface area contributed by atoms with E-state index in [1.54, 1.807) is 0 Å². The van der Waals surface area contributed by atoms with Crippen LogP contribution in [0.2, 0.25) is 0 Å². The van der Waals surface area contributed by atoms with E-state index in [0.29, 0.717) is 6.42 Å². The van der Waals surface area contributed by atoms with Crippen LogP contribution in [0.25, 0.3) is 0 Å². The predicted octanol–water partition coefficient (Wildman–Crippen LogP) is 3.36. The maximum Gasteiger partial charge on any atom is 0.232 e. The van der Waals surface area contributed by atoms with Gasteiger partial charge >= 0.3 is 0 Å². The van der Waals surface area contributed by atoms with Gasteiger partial charge in [0.25, 0.3) is 0 Å². The Labute approximate surface area is 102 Å². The Morgan fingerprint density at radius 2 is 1.56 bits per heavy atom. The van der Waals surface area contributed by atoms with Crippen LogP contribution in [0.1, 0.15) is 31.2 Å². The topological polar surface area (TPSA) is 34.1 Å². The molecule has 0 spiro atoms. The van der Waals surface area contributed by atoms with E-state index >= 15 is 0 Å². The molecular weight excluding hydrogens is 244 g/mol. The third kappa shape index (κ3) is 6.85. The summed E-state index contributed by atoms with van der Waals surface area (Å²) in [4.78, 5) is 0. The van der Waals surface area contributed by atoms with Crippen molar-refractivity contribution >= 4 is 19.7 Å². The van der Waals surface area contributed by atoms with Gasteiger partial charge in [-0.15, -0.1) is 0 Å².